The lowest BCUT2D eigenvalue weighted by atomic mass is 10.3. The Labute approximate surface area is 90.3 Å². The maximum absolute atomic E-state index is 13.5. The molecular formula is C11H9FN2O2. The topological polar surface area (TPSA) is 47.0 Å². The molecular weight excluding hydrogens is 211 g/mol. The third-order valence-electron chi connectivity index (χ3n) is 2.66. The van der Waals surface area contributed by atoms with E-state index in [0.717, 1.165) is 5.69 Å². The number of benzene rings is 1. The average Bonchev–Trinajstić information content (AvgIpc) is 2.83. The first-order valence-electron chi connectivity index (χ1n) is 4.93. The summed E-state index contributed by atoms with van der Waals surface area (Å²) in [5.41, 5.74) is 1.32. The SMILES string of the molecule is O=c1c2c([nH]n1-c1ccccc1F)COC2. The van der Waals surface area contributed by atoms with E-state index in [-0.39, 0.29) is 11.2 Å². The summed E-state index contributed by atoms with van der Waals surface area (Å²) in [4.78, 5) is 11.9. The second-order valence-electron chi connectivity index (χ2n) is 3.65. The molecule has 2 heterocycles. The zero-order chi connectivity index (χ0) is 11.1. The summed E-state index contributed by atoms with van der Waals surface area (Å²) in [6, 6.07) is 6.16. The highest BCUT2D eigenvalue weighted by Gasteiger charge is 2.21. The van der Waals surface area contributed by atoms with Crippen LogP contribution in [0.1, 0.15) is 11.3 Å². The molecule has 1 aromatic heterocycles. The summed E-state index contributed by atoms with van der Waals surface area (Å²) >= 11 is 0. The van der Waals surface area contributed by atoms with E-state index in [4.69, 9.17) is 4.74 Å². The molecule has 0 fully saturated rings. The van der Waals surface area contributed by atoms with Crippen LogP contribution in [0.4, 0.5) is 4.39 Å². The van der Waals surface area contributed by atoms with Crippen molar-refractivity contribution in [3.05, 3.63) is 51.7 Å². The van der Waals surface area contributed by atoms with Gasteiger partial charge in [0.1, 0.15) is 11.5 Å². The van der Waals surface area contributed by atoms with E-state index in [1.807, 2.05) is 0 Å². The molecule has 0 spiro atoms. The van der Waals surface area contributed by atoms with Crippen LogP contribution in [-0.2, 0) is 18.0 Å². The molecule has 1 N–H and O–H groups in total. The summed E-state index contributed by atoms with van der Waals surface area (Å²) in [6.07, 6.45) is 0. The van der Waals surface area contributed by atoms with Gasteiger partial charge in [0.25, 0.3) is 5.56 Å². The van der Waals surface area contributed by atoms with Crippen LogP contribution in [0.3, 0.4) is 0 Å². The normalized spacial score (nSPS) is 14.1. The predicted molar refractivity (Wildman–Crippen MR) is 54.8 cm³/mol. The Morgan fingerprint density at radius 3 is 2.88 bits per heavy atom. The highest BCUT2D eigenvalue weighted by molar-refractivity contribution is 5.34. The average molecular weight is 220 g/mol. The first-order chi connectivity index (χ1) is 7.77. The molecule has 0 aliphatic carbocycles. The van der Waals surface area contributed by atoms with Crippen molar-refractivity contribution in [2.45, 2.75) is 13.2 Å². The van der Waals surface area contributed by atoms with Gasteiger partial charge in [0, 0.05) is 0 Å². The van der Waals surface area contributed by atoms with E-state index < -0.39 is 5.82 Å². The minimum absolute atomic E-state index is 0.238. The third-order valence-corrected chi connectivity index (χ3v) is 2.66. The molecule has 4 nitrogen and oxygen atoms in total. The van der Waals surface area contributed by atoms with Gasteiger partial charge in [-0.15, -0.1) is 0 Å². The number of para-hydroxylation sites is 1. The number of aromatic amines is 1. The molecule has 0 atom stereocenters. The number of nitrogens with zero attached hydrogens (tertiary/aromatic N) is 1. The van der Waals surface area contributed by atoms with E-state index in [1.54, 1.807) is 18.2 Å². The van der Waals surface area contributed by atoms with Crippen LogP contribution in [0.25, 0.3) is 5.69 Å². The Bertz CT molecular complexity index is 600. The first kappa shape index (κ1) is 9.35. The maximum Gasteiger partial charge on any atom is 0.277 e. The van der Waals surface area contributed by atoms with E-state index in [9.17, 15) is 9.18 Å². The van der Waals surface area contributed by atoms with Gasteiger partial charge in [-0.25, -0.2) is 9.07 Å². The molecule has 3 rings (SSSR count). The summed E-state index contributed by atoms with van der Waals surface area (Å²) in [6.45, 7) is 0.679. The molecule has 0 unspecified atom stereocenters. The van der Waals surface area contributed by atoms with Gasteiger partial charge in [0.15, 0.2) is 0 Å². The fraction of sp³-hybridized carbons (Fsp3) is 0.182. The molecule has 0 bridgehead atoms. The Kier molecular flexibility index (Phi) is 1.94. The van der Waals surface area contributed by atoms with Gasteiger partial charge >= 0.3 is 0 Å². The lowest BCUT2D eigenvalue weighted by Gasteiger charge is -2.03. The van der Waals surface area contributed by atoms with Crippen LogP contribution in [0, 0.1) is 5.82 Å². The Morgan fingerprint density at radius 1 is 1.31 bits per heavy atom. The second-order valence-corrected chi connectivity index (χ2v) is 3.65. The molecule has 1 aliphatic rings. The fourth-order valence-electron chi connectivity index (χ4n) is 1.84. The number of nitrogens with one attached hydrogen (secondary N) is 1. The summed E-state index contributed by atoms with van der Waals surface area (Å²) in [5, 5.41) is 2.86. The van der Waals surface area contributed by atoms with Gasteiger partial charge in [0.2, 0.25) is 0 Å². The third kappa shape index (κ3) is 1.22. The molecule has 1 aliphatic heterocycles. The summed E-state index contributed by atoms with van der Waals surface area (Å²) in [7, 11) is 0. The maximum atomic E-state index is 13.5. The van der Waals surface area contributed by atoms with Gasteiger partial charge in [-0.2, -0.15) is 0 Å². The monoisotopic (exact) mass is 220 g/mol. The number of ether oxygens (including phenoxy) is 1. The van der Waals surface area contributed by atoms with Gasteiger partial charge in [0.05, 0.1) is 24.5 Å². The number of hydrogen-bond acceptors (Lipinski definition) is 2. The minimum atomic E-state index is -0.426. The quantitative estimate of drug-likeness (QED) is 0.788. The molecule has 16 heavy (non-hydrogen) atoms. The number of H-pyrrole nitrogens is 1. The molecule has 1 aromatic carbocycles. The van der Waals surface area contributed by atoms with Crippen LogP contribution in [0.2, 0.25) is 0 Å². The second kappa shape index (κ2) is 3.31. The lowest BCUT2D eigenvalue weighted by Crippen LogP contribution is -2.18. The van der Waals surface area contributed by atoms with Crippen molar-refractivity contribution in [2.24, 2.45) is 0 Å². The number of fused-ring (bicyclic) bond motifs is 1. The molecule has 0 amide bonds. The smallest absolute Gasteiger partial charge is 0.277 e. The van der Waals surface area contributed by atoms with Crippen molar-refractivity contribution < 1.29 is 9.13 Å². The molecule has 0 saturated carbocycles. The lowest BCUT2D eigenvalue weighted by molar-refractivity contribution is 0.130. The highest BCUT2D eigenvalue weighted by Crippen LogP contribution is 2.16. The Hall–Kier alpha value is -1.88. The Balaban J connectivity index is 2.22. The van der Waals surface area contributed by atoms with Crippen LogP contribution in [0.5, 0.6) is 0 Å². The minimum Gasteiger partial charge on any atom is -0.370 e. The highest BCUT2D eigenvalue weighted by atomic mass is 19.1. The molecule has 2 aromatic rings. The van der Waals surface area contributed by atoms with Crippen LogP contribution < -0.4 is 5.56 Å². The number of rotatable bonds is 1. The molecule has 0 saturated heterocycles. The van der Waals surface area contributed by atoms with Gasteiger partial charge in [-0.1, -0.05) is 12.1 Å². The predicted octanol–water partition coefficient (Wildman–Crippen LogP) is 1.33. The van der Waals surface area contributed by atoms with Crippen molar-refractivity contribution >= 4 is 0 Å². The standard InChI is InChI=1S/C11H9FN2O2/c12-8-3-1-2-4-10(8)14-11(15)7-5-16-6-9(7)13-14/h1-4,13H,5-6H2. The summed E-state index contributed by atoms with van der Waals surface area (Å²) < 4.78 is 19.9. The van der Waals surface area contributed by atoms with Gasteiger partial charge in [-0.3, -0.25) is 9.89 Å². The van der Waals surface area contributed by atoms with E-state index in [2.05, 4.69) is 5.10 Å². The van der Waals surface area contributed by atoms with Crippen molar-refractivity contribution in [1.29, 1.82) is 0 Å². The van der Waals surface area contributed by atoms with Crippen molar-refractivity contribution in [3.63, 3.8) is 0 Å². The fourth-order valence-corrected chi connectivity index (χ4v) is 1.84. The molecule has 5 heteroatoms. The molecule has 82 valence electrons. The van der Waals surface area contributed by atoms with Crippen LogP contribution in [0.15, 0.2) is 29.1 Å². The number of hydrogen-bond donors (Lipinski definition) is 1. The van der Waals surface area contributed by atoms with E-state index >= 15 is 0 Å². The van der Waals surface area contributed by atoms with Crippen molar-refractivity contribution in [3.8, 4) is 5.69 Å². The van der Waals surface area contributed by atoms with Gasteiger partial charge in [-0.05, 0) is 12.1 Å². The van der Waals surface area contributed by atoms with E-state index in [1.165, 1.54) is 10.7 Å². The van der Waals surface area contributed by atoms with E-state index in [0.29, 0.717) is 18.8 Å². The summed E-state index contributed by atoms with van der Waals surface area (Å²) in [5.74, 6) is -0.426. The zero-order valence-electron chi connectivity index (χ0n) is 8.37. The van der Waals surface area contributed by atoms with Crippen LogP contribution >= 0.6 is 0 Å². The van der Waals surface area contributed by atoms with Crippen LogP contribution in [-0.4, -0.2) is 9.78 Å². The molecule has 0 radical (unpaired) electrons. The van der Waals surface area contributed by atoms with Gasteiger partial charge < -0.3 is 4.74 Å². The number of halogens is 1. The van der Waals surface area contributed by atoms with Crippen molar-refractivity contribution in [2.75, 3.05) is 0 Å². The Morgan fingerprint density at radius 2 is 2.12 bits per heavy atom. The zero-order valence-corrected chi connectivity index (χ0v) is 8.37. The first-order valence-corrected chi connectivity index (χ1v) is 4.93. The van der Waals surface area contributed by atoms with Crippen molar-refractivity contribution in [1.82, 2.24) is 9.78 Å². The number of aromatic nitrogens is 2. The largest absolute Gasteiger partial charge is 0.370 e.